The molecular formula is C24H27F2N7O. The number of halogens is 2. The van der Waals surface area contributed by atoms with Crippen LogP contribution in [0.5, 0.6) is 5.75 Å². The number of phenols is 1. The Morgan fingerprint density at radius 2 is 2.00 bits per heavy atom. The molecule has 0 spiro atoms. The van der Waals surface area contributed by atoms with E-state index in [1.54, 1.807) is 6.20 Å². The Labute approximate surface area is 196 Å². The van der Waals surface area contributed by atoms with Crippen LogP contribution in [-0.2, 0) is 0 Å². The second kappa shape index (κ2) is 7.43. The highest BCUT2D eigenvalue weighted by Crippen LogP contribution is 2.48. The SMILES string of the molecule is C[C@@]12CC[C@@](C)(N1)[C@@H](F)[C@@H](N(c1cnc(-c3cc(F)c(-n4ccnn4)cc3O)cn1)C1CC1)C2. The molecule has 2 bridgehead atoms. The number of hydrogen-bond acceptors (Lipinski definition) is 7. The quantitative estimate of drug-likeness (QED) is 0.593. The Balaban J connectivity index is 1.31. The van der Waals surface area contributed by atoms with E-state index in [4.69, 9.17) is 0 Å². The summed E-state index contributed by atoms with van der Waals surface area (Å²) in [6.45, 7) is 4.16. The van der Waals surface area contributed by atoms with Gasteiger partial charge in [0.05, 0.1) is 36.5 Å². The molecule has 10 heteroatoms. The van der Waals surface area contributed by atoms with Crippen LogP contribution in [0.4, 0.5) is 14.6 Å². The monoisotopic (exact) mass is 467 g/mol. The predicted molar refractivity (Wildman–Crippen MR) is 122 cm³/mol. The fourth-order valence-electron chi connectivity index (χ4n) is 5.78. The van der Waals surface area contributed by atoms with Crippen molar-refractivity contribution in [3.63, 3.8) is 0 Å². The lowest BCUT2D eigenvalue weighted by molar-refractivity contribution is 0.0832. The number of nitrogens with zero attached hydrogens (tertiary/aromatic N) is 6. The summed E-state index contributed by atoms with van der Waals surface area (Å²) in [5.41, 5.74) is 0.0222. The highest BCUT2D eigenvalue weighted by Gasteiger charge is 2.58. The van der Waals surface area contributed by atoms with Gasteiger partial charge in [0.15, 0.2) is 0 Å². The van der Waals surface area contributed by atoms with Crippen LogP contribution in [0.15, 0.2) is 36.9 Å². The topological polar surface area (TPSA) is 92.0 Å². The molecule has 2 N–H and O–H groups in total. The second-order valence-electron chi connectivity index (χ2n) is 10.3. The maximum atomic E-state index is 15.8. The van der Waals surface area contributed by atoms with E-state index in [-0.39, 0.29) is 34.6 Å². The molecule has 3 aromatic rings. The number of aromatic nitrogens is 5. The van der Waals surface area contributed by atoms with E-state index in [9.17, 15) is 9.50 Å². The van der Waals surface area contributed by atoms with Gasteiger partial charge in [-0.25, -0.2) is 18.4 Å². The average Bonchev–Trinajstić information content (AvgIpc) is 3.41. The van der Waals surface area contributed by atoms with Gasteiger partial charge in [-0.2, -0.15) is 0 Å². The molecule has 3 fully saturated rings. The standard InChI is InChI=1S/C24H27F2N7O/c1-23-5-6-24(2,30-23)22(26)19(11-23)33(14-3-4-14)21-13-27-17(12-28-21)15-9-16(25)18(10-20(15)34)32-8-7-29-31-32/h7-10,12-14,19,22,30,34H,3-6,11H2,1-2H3/t19-,22-,23-,24+/m0/s1. The van der Waals surface area contributed by atoms with Crippen LogP contribution >= 0.6 is 0 Å². The van der Waals surface area contributed by atoms with Gasteiger partial charge in [0.2, 0.25) is 0 Å². The molecule has 0 unspecified atom stereocenters. The molecule has 3 aliphatic rings. The summed E-state index contributed by atoms with van der Waals surface area (Å²) in [7, 11) is 0. The summed E-state index contributed by atoms with van der Waals surface area (Å²) in [6, 6.07) is 2.46. The van der Waals surface area contributed by atoms with Gasteiger partial charge < -0.3 is 15.3 Å². The van der Waals surface area contributed by atoms with Gasteiger partial charge in [-0.05, 0) is 52.0 Å². The molecule has 6 rings (SSSR count). The molecular weight excluding hydrogens is 440 g/mol. The second-order valence-corrected chi connectivity index (χ2v) is 10.3. The Kier molecular flexibility index (Phi) is 4.68. The van der Waals surface area contributed by atoms with Gasteiger partial charge in [0, 0.05) is 28.7 Å². The average molecular weight is 468 g/mol. The van der Waals surface area contributed by atoms with Crippen molar-refractivity contribution >= 4 is 5.82 Å². The van der Waals surface area contributed by atoms with Gasteiger partial charge in [-0.15, -0.1) is 5.10 Å². The van der Waals surface area contributed by atoms with Crippen LogP contribution in [0.2, 0.25) is 0 Å². The zero-order valence-electron chi connectivity index (χ0n) is 19.1. The van der Waals surface area contributed by atoms with E-state index in [1.807, 2.05) is 6.92 Å². The van der Waals surface area contributed by atoms with Crippen molar-refractivity contribution in [3.8, 4) is 22.7 Å². The van der Waals surface area contributed by atoms with Gasteiger partial charge in [-0.3, -0.25) is 4.98 Å². The summed E-state index contributed by atoms with van der Waals surface area (Å²) >= 11 is 0. The number of nitrogens with one attached hydrogen (secondary N) is 1. The molecule has 1 aliphatic carbocycles. The lowest BCUT2D eigenvalue weighted by Crippen LogP contribution is -2.66. The van der Waals surface area contributed by atoms with Gasteiger partial charge in [0.1, 0.15) is 29.2 Å². The van der Waals surface area contributed by atoms with Crippen LogP contribution in [0.25, 0.3) is 16.9 Å². The summed E-state index contributed by atoms with van der Waals surface area (Å²) in [6.07, 6.45) is 9.51. The third-order valence-corrected chi connectivity index (χ3v) is 7.60. The molecule has 4 heterocycles. The molecule has 178 valence electrons. The molecule has 0 radical (unpaired) electrons. The highest BCUT2D eigenvalue weighted by molar-refractivity contribution is 5.69. The van der Waals surface area contributed by atoms with Crippen LogP contribution in [0.1, 0.15) is 46.0 Å². The normalized spacial score (nSPS) is 30.5. The van der Waals surface area contributed by atoms with E-state index in [1.165, 1.54) is 35.4 Å². The first kappa shape index (κ1) is 21.4. The highest BCUT2D eigenvalue weighted by atomic mass is 19.1. The van der Waals surface area contributed by atoms with Crippen molar-refractivity contribution < 1.29 is 13.9 Å². The number of aromatic hydroxyl groups is 1. The number of benzene rings is 1. The molecule has 2 saturated heterocycles. The zero-order chi connectivity index (χ0) is 23.7. The minimum Gasteiger partial charge on any atom is -0.507 e. The van der Waals surface area contributed by atoms with Crippen molar-refractivity contribution in [2.24, 2.45) is 0 Å². The Hall–Kier alpha value is -3.14. The first-order valence-electron chi connectivity index (χ1n) is 11.7. The summed E-state index contributed by atoms with van der Waals surface area (Å²) in [4.78, 5) is 11.2. The molecule has 0 amide bonds. The smallest absolute Gasteiger partial charge is 0.149 e. The van der Waals surface area contributed by atoms with Crippen molar-refractivity contribution in [2.45, 2.75) is 75.3 Å². The van der Waals surface area contributed by atoms with E-state index < -0.39 is 17.5 Å². The summed E-state index contributed by atoms with van der Waals surface area (Å²) in [5, 5.41) is 21.5. The predicted octanol–water partition coefficient (Wildman–Crippen LogP) is 3.55. The molecule has 2 aliphatic heterocycles. The number of piperidine rings is 1. The number of rotatable bonds is 5. The maximum Gasteiger partial charge on any atom is 0.149 e. The minimum atomic E-state index is -1.02. The zero-order valence-corrected chi connectivity index (χ0v) is 19.1. The molecule has 4 atom stereocenters. The summed E-state index contributed by atoms with van der Waals surface area (Å²) in [5.74, 6) is -0.102. The third-order valence-electron chi connectivity index (χ3n) is 7.60. The molecule has 2 aromatic heterocycles. The molecule has 1 saturated carbocycles. The number of hydrogen-bond donors (Lipinski definition) is 2. The minimum absolute atomic E-state index is 0.0831. The van der Waals surface area contributed by atoms with Gasteiger partial charge in [-0.1, -0.05) is 5.21 Å². The maximum absolute atomic E-state index is 15.8. The van der Waals surface area contributed by atoms with Crippen LogP contribution in [0, 0.1) is 5.82 Å². The number of phenolic OH excluding ortho intramolecular Hbond substituents is 1. The van der Waals surface area contributed by atoms with Crippen LogP contribution < -0.4 is 10.2 Å². The lowest BCUT2D eigenvalue weighted by Gasteiger charge is -2.48. The summed E-state index contributed by atoms with van der Waals surface area (Å²) < 4.78 is 31.7. The van der Waals surface area contributed by atoms with E-state index in [2.05, 4.69) is 37.4 Å². The van der Waals surface area contributed by atoms with Crippen molar-refractivity contribution in [1.29, 1.82) is 0 Å². The number of fused-ring (bicyclic) bond motifs is 2. The van der Waals surface area contributed by atoms with E-state index in [0.29, 0.717) is 17.9 Å². The molecule has 34 heavy (non-hydrogen) atoms. The Morgan fingerprint density at radius 1 is 1.18 bits per heavy atom. The fraction of sp³-hybridized carbons (Fsp3) is 0.500. The Morgan fingerprint density at radius 3 is 2.68 bits per heavy atom. The molecule has 1 aromatic carbocycles. The number of alkyl halides is 1. The first-order chi connectivity index (χ1) is 16.3. The lowest BCUT2D eigenvalue weighted by atomic mass is 9.82. The van der Waals surface area contributed by atoms with Gasteiger partial charge >= 0.3 is 0 Å². The van der Waals surface area contributed by atoms with Crippen LogP contribution in [-0.4, -0.2) is 59.4 Å². The van der Waals surface area contributed by atoms with Crippen molar-refractivity contribution in [3.05, 3.63) is 42.7 Å². The molecule has 8 nitrogen and oxygen atoms in total. The van der Waals surface area contributed by atoms with Crippen molar-refractivity contribution in [1.82, 2.24) is 30.3 Å². The van der Waals surface area contributed by atoms with E-state index >= 15 is 4.39 Å². The van der Waals surface area contributed by atoms with E-state index in [0.717, 1.165) is 25.7 Å². The van der Waals surface area contributed by atoms with Crippen LogP contribution in [0.3, 0.4) is 0 Å². The Bertz CT molecular complexity index is 1220. The van der Waals surface area contributed by atoms with Crippen molar-refractivity contribution in [2.75, 3.05) is 4.90 Å². The first-order valence-corrected chi connectivity index (χ1v) is 11.7. The third kappa shape index (κ3) is 3.43. The van der Waals surface area contributed by atoms with Gasteiger partial charge in [0.25, 0.3) is 0 Å². The largest absolute Gasteiger partial charge is 0.507 e. The fourth-order valence-corrected chi connectivity index (χ4v) is 5.78. The number of anilines is 1.